The highest BCUT2D eigenvalue weighted by molar-refractivity contribution is 5.64. The molecule has 0 radical (unpaired) electrons. The van der Waals surface area contributed by atoms with E-state index in [-0.39, 0.29) is 0 Å². The van der Waals surface area contributed by atoms with Crippen LogP contribution in [0.5, 0.6) is 5.75 Å². The van der Waals surface area contributed by atoms with Crippen LogP contribution in [0.2, 0.25) is 0 Å². The maximum absolute atomic E-state index is 6.32. The SMILES string of the molecule is CCCCCCCCCc1ncc(-c2ccc(OC[C@H]3CC[C@H](CCCCCCCCC)CC3)c(C)c2)cn1. The van der Waals surface area contributed by atoms with Crippen molar-refractivity contribution in [2.24, 2.45) is 11.8 Å². The summed E-state index contributed by atoms with van der Waals surface area (Å²) in [4.78, 5) is 9.31. The average molecular weight is 535 g/mol. The normalized spacial score (nSPS) is 17.4. The molecule has 2 aromatic rings. The van der Waals surface area contributed by atoms with Gasteiger partial charge in [0.25, 0.3) is 0 Å². The van der Waals surface area contributed by atoms with E-state index >= 15 is 0 Å². The second kappa shape index (κ2) is 19.2. The lowest BCUT2D eigenvalue weighted by Gasteiger charge is -2.28. The maximum atomic E-state index is 6.32. The van der Waals surface area contributed by atoms with Gasteiger partial charge in [-0.05, 0) is 61.3 Å². The van der Waals surface area contributed by atoms with Gasteiger partial charge in [-0.1, -0.05) is 123 Å². The number of ether oxygens (including phenoxy) is 1. The predicted molar refractivity (Wildman–Crippen MR) is 167 cm³/mol. The van der Waals surface area contributed by atoms with Crippen LogP contribution in [0.15, 0.2) is 30.6 Å². The van der Waals surface area contributed by atoms with Gasteiger partial charge in [-0.2, -0.15) is 0 Å². The first-order valence-corrected chi connectivity index (χ1v) is 16.7. The highest BCUT2D eigenvalue weighted by atomic mass is 16.5. The molecule has 0 saturated heterocycles. The van der Waals surface area contributed by atoms with Crippen LogP contribution in [0.1, 0.15) is 147 Å². The monoisotopic (exact) mass is 534 g/mol. The van der Waals surface area contributed by atoms with Gasteiger partial charge >= 0.3 is 0 Å². The molecular weight excluding hydrogens is 476 g/mol. The zero-order valence-corrected chi connectivity index (χ0v) is 25.7. The van der Waals surface area contributed by atoms with Crippen LogP contribution >= 0.6 is 0 Å². The Balaban J connectivity index is 1.32. The zero-order valence-electron chi connectivity index (χ0n) is 25.7. The number of aromatic nitrogens is 2. The number of hydrogen-bond donors (Lipinski definition) is 0. The molecule has 3 heteroatoms. The summed E-state index contributed by atoms with van der Waals surface area (Å²) in [7, 11) is 0. The lowest BCUT2D eigenvalue weighted by Crippen LogP contribution is -2.20. The van der Waals surface area contributed by atoms with Crippen LogP contribution in [-0.4, -0.2) is 16.6 Å². The minimum absolute atomic E-state index is 0.714. The summed E-state index contributed by atoms with van der Waals surface area (Å²) < 4.78 is 6.32. The van der Waals surface area contributed by atoms with Crippen molar-refractivity contribution in [1.82, 2.24) is 9.97 Å². The summed E-state index contributed by atoms with van der Waals surface area (Å²) in [5.74, 6) is 3.68. The standard InChI is InChI=1S/C36H58N2O/c1-4-6-8-10-12-14-16-18-31-20-22-32(23-21-31)29-39-35-25-24-33(26-30(35)3)34-27-37-36(38-28-34)19-17-15-13-11-9-7-5-2/h24-28,31-32H,4-23,29H2,1-3H3/t31-,32-. The fourth-order valence-corrected chi connectivity index (χ4v) is 6.15. The molecule has 3 rings (SSSR count). The Labute approximate surface area is 241 Å². The molecular formula is C36H58N2O. The molecule has 3 nitrogen and oxygen atoms in total. The number of hydrogen-bond acceptors (Lipinski definition) is 3. The molecule has 0 N–H and O–H groups in total. The molecule has 0 aliphatic heterocycles. The summed E-state index contributed by atoms with van der Waals surface area (Å²) >= 11 is 0. The van der Waals surface area contributed by atoms with E-state index in [0.717, 1.165) is 36.1 Å². The number of nitrogens with zero attached hydrogens (tertiary/aromatic N) is 2. The molecule has 1 saturated carbocycles. The van der Waals surface area contributed by atoms with Gasteiger partial charge in [0.1, 0.15) is 11.6 Å². The Morgan fingerprint density at radius 1 is 0.667 bits per heavy atom. The third kappa shape index (κ3) is 12.4. The van der Waals surface area contributed by atoms with Gasteiger partial charge in [0, 0.05) is 24.4 Å². The Kier molecular flexibility index (Phi) is 15.6. The van der Waals surface area contributed by atoms with Crippen LogP contribution in [-0.2, 0) is 6.42 Å². The van der Waals surface area contributed by atoms with E-state index < -0.39 is 0 Å². The van der Waals surface area contributed by atoms with E-state index in [1.165, 1.54) is 133 Å². The van der Waals surface area contributed by atoms with Crippen molar-refractivity contribution in [3.63, 3.8) is 0 Å². The van der Waals surface area contributed by atoms with Crippen LogP contribution in [0.4, 0.5) is 0 Å². The Morgan fingerprint density at radius 3 is 1.85 bits per heavy atom. The number of unbranched alkanes of at least 4 members (excludes halogenated alkanes) is 12. The lowest BCUT2D eigenvalue weighted by molar-refractivity contribution is 0.177. The minimum atomic E-state index is 0.714. The molecule has 1 aliphatic carbocycles. The summed E-state index contributed by atoms with van der Waals surface area (Å²) in [5.41, 5.74) is 3.47. The van der Waals surface area contributed by atoms with Crippen molar-refractivity contribution >= 4 is 0 Å². The second-order valence-electron chi connectivity index (χ2n) is 12.3. The first-order chi connectivity index (χ1) is 19.2. The van der Waals surface area contributed by atoms with Gasteiger partial charge in [0.15, 0.2) is 0 Å². The Hall–Kier alpha value is -1.90. The van der Waals surface area contributed by atoms with Crippen molar-refractivity contribution in [3.8, 4) is 16.9 Å². The fraction of sp³-hybridized carbons (Fsp3) is 0.722. The first-order valence-electron chi connectivity index (χ1n) is 16.7. The molecule has 0 atom stereocenters. The molecule has 1 aromatic heterocycles. The molecule has 39 heavy (non-hydrogen) atoms. The third-order valence-corrected chi connectivity index (χ3v) is 8.87. The van der Waals surface area contributed by atoms with Crippen molar-refractivity contribution < 1.29 is 4.74 Å². The molecule has 0 spiro atoms. The molecule has 1 heterocycles. The van der Waals surface area contributed by atoms with Crippen molar-refractivity contribution in [3.05, 3.63) is 42.0 Å². The Morgan fingerprint density at radius 2 is 1.23 bits per heavy atom. The second-order valence-corrected chi connectivity index (χ2v) is 12.3. The van der Waals surface area contributed by atoms with Crippen LogP contribution in [0.3, 0.4) is 0 Å². The van der Waals surface area contributed by atoms with Gasteiger partial charge in [0.05, 0.1) is 6.61 Å². The van der Waals surface area contributed by atoms with Crippen LogP contribution in [0.25, 0.3) is 11.1 Å². The predicted octanol–water partition coefficient (Wildman–Crippen LogP) is 11.1. The van der Waals surface area contributed by atoms with E-state index in [1.54, 1.807) is 0 Å². The topological polar surface area (TPSA) is 35.0 Å². The fourth-order valence-electron chi connectivity index (χ4n) is 6.15. The van der Waals surface area contributed by atoms with Crippen molar-refractivity contribution in [1.29, 1.82) is 0 Å². The zero-order chi connectivity index (χ0) is 27.5. The lowest BCUT2D eigenvalue weighted by atomic mass is 9.80. The number of aryl methyl sites for hydroxylation is 2. The van der Waals surface area contributed by atoms with Gasteiger partial charge in [-0.25, -0.2) is 9.97 Å². The third-order valence-electron chi connectivity index (χ3n) is 8.87. The largest absolute Gasteiger partial charge is 0.493 e. The number of benzene rings is 1. The van der Waals surface area contributed by atoms with E-state index in [1.807, 2.05) is 12.4 Å². The van der Waals surface area contributed by atoms with E-state index in [4.69, 9.17) is 4.74 Å². The summed E-state index contributed by atoms with van der Waals surface area (Å²) in [6, 6.07) is 6.53. The molecule has 0 unspecified atom stereocenters. The quantitative estimate of drug-likeness (QED) is 0.158. The average Bonchev–Trinajstić information content (AvgIpc) is 2.96. The smallest absolute Gasteiger partial charge is 0.128 e. The molecule has 0 bridgehead atoms. The molecule has 1 aromatic carbocycles. The summed E-state index contributed by atoms with van der Waals surface area (Å²) in [5, 5.41) is 0. The van der Waals surface area contributed by atoms with Gasteiger partial charge in [-0.3, -0.25) is 0 Å². The highest BCUT2D eigenvalue weighted by Crippen LogP contribution is 2.33. The maximum Gasteiger partial charge on any atom is 0.128 e. The molecule has 218 valence electrons. The molecule has 0 amide bonds. The van der Waals surface area contributed by atoms with E-state index in [2.05, 4.69) is 48.9 Å². The highest BCUT2D eigenvalue weighted by Gasteiger charge is 2.21. The van der Waals surface area contributed by atoms with Crippen molar-refractivity contribution in [2.75, 3.05) is 6.61 Å². The summed E-state index contributed by atoms with van der Waals surface area (Å²) in [6.07, 6.45) is 31.1. The minimum Gasteiger partial charge on any atom is -0.493 e. The van der Waals surface area contributed by atoms with Crippen LogP contribution < -0.4 is 4.74 Å². The van der Waals surface area contributed by atoms with Gasteiger partial charge < -0.3 is 4.74 Å². The first kappa shape index (κ1) is 31.6. The van der Waals surface area contributed by atoms with Crippen molar-refractivity contribution in [2.45, 2.75) is 149 Å². The molecule has 1 aliphatic rings. The summed E-state index contributed by atoms with van der Waals surface area (Å²) in [6.45, 7) is 7.59. The Bertz CT molecular complexity index is 885. The van der Waals surface area contributed by atoms with E-state index in [0.29, 0.717) is 5.92 Å². The van der Waals surface area contributed by atoms with E-state index in [9.17, 15) is 0 Å². The van der Waals surface area contributed by atoms with Crippen LogP contribution in [0, 0.1) is 18.8 Å². The molecule has 1 fully saturated rings. The number of rotatable bonds is 20. The van der Waals surface area contributed by atoms with Gasteiger partial charge in [0.2, 0.25) is 0 Å². The van der Waals surface area contributed by atoms with Gasteiger partial charge in [-0.15, -0.1) is 0 Å².